The topological polar surface area (TPSA) is 46.8 Å². The zero-order valence-corrected chi connectivity index (χ0v) is 12.3. The van der Waals surface area contributed by atoms with Crippen molar-refractivity contribution in [1.82, 2.24) is 19.7 Å². The van der Waals surface area contributed by atoms with Gasteiger partial charge in [0.15, 0.2) is 5.82 Å². The van der Waals surface area contributed by atoms with Crippen molar-refractivity contribution < 1.29 is 0 Å². The Morgan fingerprint density at radius 3 is 2.50 bits per heavy atom. The highest BCUT2D eigenvalue weighted by atomic mass is 15.3. The van der Waals surface area contributed by atoms with E-state index in [1.807, 2.05) is 18.7 Å². The smallest absolute Gasteiger partial charge is 0.158 e. The van der Waals surface area contributed by atoms with Crippen molar-refractivity contribution in [2.24, 2.45) is 7.05 Å². The van der Waals surface area contributed by atoms with E-state index in [1.165, 1.54) is 32.1 Å². The maximum Gasteiger partial charge on any atom is 0.158 e. The molecule has 0 unspecified atom stereocenters. The minimum absolute atomic E-state index is 0.586. The highest BCUT2D eigenvalue weighted by Gasteiger charge is 2.30. The Hall–Kier alpha value is -1.65. The molecule has 0 atom stereocenters. The number of piperidine rings is 1. The lowest BCUT2D eigenvalue weighted by molar-refractivity contribution is 0.572. The average Bonchev–Trinajstić information content (AvgIpc) is 3.27. The second-order valence-electron chi connectivity index (χ2n) is 6.13. The van der Waals surface area contributed by atoms with Gasteiger partial charge in [-0.05, 0) is 39.0 Å². The Kier molecular flexibility index (Phi) is 2.69. The van der Waals surface area contributed by atoms with Crippen molar-refractivity contribution in [3.63, 3.8) is 0 Å². The van der Waals surface area contributed by atoms with E-state index in [-0.39, 0.29) is 0 Å². The maximum absolute atomic E-state index is 4.91. The highest BCUT2D eigenvalue weighted by Crippen LogP contribution is 2.40. The summed E-state index contributed by atoms with van der Waals surface area (Å²) in [7, 11) is 2.00. The van der Waals surface area contributed by atoms with Gasteiger partial charge in [0.05, 0.1) is 5.69 Å². The van der Waals surface area contributed by atoms with Gasteiger partial charge < -0.3 is 4.90 Å². The van der Waals surface area contributed by atoms with E-state index in [0.717, 1.165) is 41.5 Å². The average molecular weight is 271 g/mol. The summed E-state index contributed by atoms with van der Waals surface area (Å²) in [6, 6.07) is 0. The zero-order chi connectivity index (χ0) is 13.7. The minimum atomic E-state index is 0.586. The predicted molar refractivity (Wildman–Crippen MR) is 79.1 cm³/mol. The van der Waals surface area contributed by atoms with Gasteiger partial charge in [-0.1, -0.05) is 0 Å². The number of hydrogen-bond acceptors (Lipinski definition) is 4. The van der Waals surface area contributed by atoms with E-state index >= 15 is 0 Å². The molecule has 3 heterocycles. The van der Waals surface area contributed by atoms with Crippen LogP contribution in [0.25, 0.3) is 11.0 Å². The molecule has 5 heteroatoms. The zero-order valence-electron chi connectivity index (χ0n) is 12.3. The first kappa shape index (κ1) is 12.1. The fourth-order valence-corrected chi connectivity index (χ4v) is 3.18. The van der Waals surface area contributed by atoms with Crippen LogP contribution in [-0.4, -0.2) is 32.8 Å². The first-order chi connectivity index (χ1) is 9.74. The van der Waals surface area contributed by atoms with Gasteiger partial charge in [-0.25, -0.2) is 9.97 Å². The van der Waals surface area contributed by atoms with Crippen LogP contribution in [0.2, 0.25) is 0 Å². The quantitative estimate of drug-likeness (QED) is 0.842. The number of fused-ring (bicyclic) bond motifs is 1. The molecule has 0 amide bonds. The second kappa shape index (κ2) is 4.43. The molecular formula is C15H21N5. The largest absolute Gasteiger partial charge is 0.355 e. The number of anilines is 1. The van der Waals surface area contributed by atoms with Gasteiger partial charge in [-0.2, -0.15) is 5.10 Å². The van der Waals surface area contributed by atoms with Crippen molar-refractivity contribution in [2.75, 3.05) is 18.0 Å². The summed E-state index contributed by atoms with van der Waals surface area (Å²) < 4.78 is 1.95. The fraction of sp³-hybridized carbons (Fsp3) is 0.667. The molecule has 0 radical (unpaired) electrons. The third kappa shape index (κ3) is 1.87. The highest BCUT2D eigenvalue weighted by molar-refractivity contribution is 5.88. The number of aryl methyl sites for hydroxylation is 2. The van der Waals surface area contributed by atoms with Gasteiger partial charge in [0.1, 0.15) is 16.9 Å². The van der Waals surface area contributed by atoms with Crippen molar-refractivity contribution in [3.05, 3.63) is 11.5 Å². The van der Waals surface area contributed by atoms with Gasteiger partial charge >= 0.3 is 0 Å². The normalized spacial score (nSPS) is 19.8. The van der Waals surface area contributed by atoms with Crippen LogP contribution in [0.1, 0.15) is 49.5 Å². The number of hydrogen-bond donors (Lipinski definition) is 0. The van der Waals surface area contributed by atoms with E-state index in [2.05, 4.69) is 10.00 Å². The molecule has 1 saturated carbocycles. The molecule has 2 fully saturated rings. The van der Waals surface area contributed by atoms with E-state index < -0.39 is 0 Å². The molecule has 106 valence electrons. The van der Waals surface area contributed by atoms with Crippen molar-refractivity contribution >= 4 is 16.9 Å². The van der Waals surface area contributed by atoms with Crippen LogP contribution in [0.15, 0.2) is 0 Å². The lowest BCUT2D eigenvalue weighted by Crippen LogP contribution is -2.31. The number of aromatic nitrogens is 4. The molecule has 2 aliphatic rings. The van der Waals surface area contributed by atoms with Crippen molar-refractivity contribution in [3.8, 4) is 0 Å². The molecule has 1 saturated heterocycles. The Morgan fingerprint density at radius 1 is 1.05 bits per heavy atom. The molecule has 5 nitrogen and oxygen atoms in total. The van der Waals surface area contributed by atoms with Gasteiger partial charge in [0.2, 0.25) is 0 Å². The first-order valence-electron chi connectivity index (χ1n) is 7.70. The molecule has 0 bridgehead atoms. The van der Waals surface area contributed by atoms with Crippen molar-refractivity contribution in [2.45, 2.75) is 44.9 Å². The maximum atomic E-state index is 4.91. The fourth-order valence-electron chi connectivity index (χ4n) is 3.18. The van der Waals surface area contributed by atoms with E-state index in [0.29, 0.717) is 5.92 Å². The molecule has 1 aliphatic heterocycles. The van der Waals surface area contributed by atoms with Gasteiger partial charge in [-0.3, -0.25) is 4.68 Å². The van der Waals surface area contributed by atoms with Gasteiger partial charge in [-0.15, -0.1) is 0 Å². The lowest BCUT2D eigenvalue weighted by atomic mass is 10.1. The van der Waals surface area contributed by atoms with Crippen LogP contribution in [0.5, 0.6) is 0 Å². The summed E-state index contributed by atoms with van der Waals surface area (Å²) in [4.78, 5) is 12.1. The Bertz CT molecular complexity index is 650. The predicted octanol–water partition coefficient (Wildman–Crippen LogP) is 2.54. The number of rotatable bonds is 2. The minimum Gasteiger partial charge on any atom is -0.355 e. The summed E-state index contributed by atoms with van der Waals surface area (Å²) in [5.74, 6) is 2.73. The van der Waals surface area contributed by atoms with Crippen LogP contribution in [-0.2, 0) is 7.05 Å². The lowest BCUT2D eigenvalue weighted by Gasteiger charge is -2.28. The number of nitrogens with zero attached hydrogens (tertiary/aromatic N) is 5. The van der Waals surface area contributed by atoms with Crippen LogP contribution in [0.4, 0.5) is 5.82 Å². The van der Waals surface area contributed by atoms with Crippen LogP contribution in [0, 0.1) is 6.92 Å². The molecule has 2 aromatic heterocycles. The Morgan fingerprint density at radius 2 is 1.80 bits per heavy atom. The monoisotopic (exact) mass is 271 g/mol. The standard InChI is InChI=1S/C15H21N5/c1-10-12-13(19(2)18-10)15(20-8-4-3-5-9-20)17-14(16-12)11-6-7-11/h11H,3-9H2,1-2H3. The van der Waals surface area contributed by atoms with Crippen LogP contribution < -0.4 is 4.90 Å². The molecule has 0 aromatic carbocycles. The SMILES string of the molecule is Cc1nn(C)c2c(N3CCCCC3)nc(C3CC3)nc12. The van der Waals surface area contributed by atoms with Crippen LogP contribution >= 0.6 is 0 Å². The molecule has 0 spiro atoms. The van der Waals surface area contributed by atoms with Gasteiger partial charge in [0.25, 0.3) is 0 Å². The second-order valence-corrected chi connectivity index (χ2v) is 6.13. The summed E-state index contributed by atoms with van der Waals surface area (Å²) in [5.41, 5.74) is 3.17. The summed E-state index contributed by atoms with van der Waals surface area (Å²) in [6.45, 7) is 4.27. The third-order valence-electron chi connectivity index (χ3n) is 4.45. The summed E-state index contributed by atoms with van der Waals surface area (Å²) in [5, 5.41) is 4.55. The Labute approximate surface area is 119 Å². The summed E-state index contributed by atoms with van der Waals surface area (Å²) >= 11 is 0. The molecular weight excluding hydrogens is 250 g/mol. The third-order valence-corrected chi connectivity index (χ3v) is 4.45. The van der Waals surface area contributed by atoms with E-state index in [4.69, 9.17) is 9.97 Å². The molecule has 20 heavy (non-hydrogen) atoms. The molecule has 4 rings (SSSR count). The molecule has 2 aromatic rings. The first-order valence-corrected chi connectivity index (χ1v) is 7.70. The Balaban J connectivity index is 1.91. The van der Waals surface area contributed by atoms with Crippen molar-refractivity contribution in [1.29, 1.82) is 0 Å². The molecule has 0 N–H and O–H groups in total. The van der Waals surface area contributed by atoms with E-state index in [9.17, 15) is 0 Å². The van der Waals surface area contributed by atoms with Gasteiger partial charge in [0, 0.05) is 26.1 Å². The van der Waals surface area contributed by atoms with E-state index in [1.54, 1.807) is 0 Å². The molecule has 1 aliphatic carbocycles. The summed E-state index contributed by atoms with van der Waals surface area (Å²) in [6.07, 6.45) is 6.35. The van der Waals surface area contributed by atoms with Crippen LogP contribution in [0.3, 0.4) is 0 Å².